The van der Waals surface area contributed by atoms with Crippen LogP contribution >= 0.6 is 0 Å². The molecule has 0 bridgehead atoms. The van der Waals surface area contributed by atoms with Gasteiger partial charge in [0.05, 0.1) is 6.10 Å². The Morgan fingerprint density at radius 1 is 1.25 bits per heavy atom. The van der Waals surface area contributed by atoms with Gasteiger partial charge in [-0.2, -0.15) is 0 Å². The van der Waals surface area contributed by atoms with Gasteiger partial charge in [-0.25, -0.2) is 0 Å². The topological polar surface area (TPSA) is 74.6 Å². The molecule has 0 saturated carbocycles. The third kappa shape index (κ3) is 8.25. The molecule has 24 heavy (non-hydrogen) atoms. The lowest BCUT2D eigenvalue weighted by atomic mass is 9.98. The lowest BCUT2D eigenvalue weighted by molar-refractivity contribution is -0.137. The number of unbranched alkanes of at least 4 members (excludes halogenated alkanes) is 5. The van der Waals surface area contributed by atoms with Crippen LogP contribution in [0.3, 0.4) is 0 Å². The van der Waals surface area contributed by atoms with E-state index in [2.05, 4.69) is 6.92 Å². The van der Waals surface area contributed by atoms with E-state index in [1.807, 2.05) is 18.2 Å². The summed E-state index contributed by atoms with van der Waals surface area (Å²) in [6.07, 6.45) is 16.1. The number of hydrogen-bond acceptors (Lipinski definition) is 3. The van der Waals surface area contributed by atoms with Crippen molar-refractivity contribution in [2.45, 2.75) is 70.8 Å². The van der Waals surface area contributed by atoms with E-state index in [0.717, 1.165) is 50.5 Å². The van der Waals surface area contributed by atoms with E-state index in [0.29, 0.717) is 6.42 Å². The van der Waals surface area contributed by atoms with Crippen molar-refractivity contribution < 1.29 is 19.8 Å². The van der Waals surface area contributed by atoms with Crippen LogP contribution in [0.1, 0.15) is 64.7 Å². The summed E-state index contributed by atoms with van der Waals surface area (Å²) < 4.78 is 0. The van der Waals surface area contributed by atoms with Crippen LogP contribution in [0.25, 0.3) is 0 Å². The smallest absolute Gasteiger partial charge is 0.303 e. The Balaban J connectivity index is 2.40. The molecule has 0 radical (unpaired) electrons. The number of hydrogen-bond donors (Lipinski definition) is 2. The minimum atomic E-state index is -0.758. The van der Waals surface area contributed by atoms with Crippen molar-refractivity contribution in [3.05, 3.63) is 36.0 Å². The van der Waals surface area contributed by atoms with Crippen LogP contribution in [0, 0.1) is 5.92 Å². The van der Waals surface area contributed by atoms with E-state index in [-0.39, 0.29) is 18.1 Å². The second-order valence-electron chi connectivity index (χ2n) is 6.35. The van der Waals surface area contributed by atoms with E-state index in [1.54, 1.807) is 12.2 Å². The molecule has 4 heteroatoms. The number of carbonyl (C=O) groups excluding carboxylic acids is 1. The van der Waals surface area contributed by atoms with E-state index in [9.17, 15) is 14.7 Å². The van der Waals surface area contributed by atoms with Crippen LogP contribution < -0.4 is 0 Å². The van der Waals surface area contributed by atoms with Crippen LogP contribution in [-0.4, -0.2) is 28.1 Å². The van der Waals surface area contributed by atoms with E-state index in [4.69, 9.17) is 5.11 Å². The first kappa shape index (κ1) is 20.4. The fourth-order valence-corrected chi connectivity index (χ4v) is 2.76. The van der Waals surface area contributed by atoms with Crippen LogP contribution in [-0.2, 0) is 9.59 Å². The number of carboxylic acids is 1. The Morgan fingerprint density at radius 3 is 2.75 bits per heavy atom. The zero-order valence-electron chi connectivity index (χ0n) is 14.6. The van der Waals surface area contributed by atoms with Crippen LogP contribution in [0.4, 0.5) is 0 Å². The molecule has 0 aromatic rings. The maximum absolute atomic E-state index is 11.9. The molecule has 0 spiro atoms. The molecule has 0 aromatic heterocycles. The monoisotopic (exact) mass is 334 g/mol. The summed E-state index contributed by atoms with van der Waals surface area (Å²) in [5, 5.41) is 18.5. The third-order valence-electron chi connectivity index (χ3n) is 4.20. The Morgan fingerprint density at radius 2 is 2.04 bits per heavy atom. The average molecular weight is 334 g/mol. The van der Waals surface area contributed by atoms with E-state index < -0.39 is 12.1 Å². The molecule has 0 heterocycles. The Bertz CT molecular complexity index is 488. The molecule has 0 fully saturated rings. The molecule has 0 aliphatic heterocycles. The van der Waals surface area contributed by atoms with Gasteiger partial charge in [-0.3, -0.25) is 9.59 Å². The summed E-state index contributed by atoms with van der Waals surface area (Å²) in [6.45, 7) is 2.13. The van der Waals surface area contributed by atoms with Gasteiger partial charge in [0.2, 0.25) is 0 Å². The minimum Gasteiger partial charge on any atom is -0.481 e. The van der Waals surface area contributed by atoms with Crippen molar-refractivity contribution in [2.24, 2.45) is 5.92 Å². The van der Waals surface area contributed by atoms with Gasteiger partial charge >= 0.3 is 5.97 Å². The van der Waals surface area contributed by atoms with Crippen LogP contribution in [0.2, 0.25) is 0 Å². The summed E-state index contributed by atoms with van der Waals surface area (Å²) in [6, 6.07) is 0. The first-order valence-electron chi connectivity index (χ1n) is 9.05. The quantitative estimate of drug-likeness (QED) is 0.319. The number of aliphatic hydroxyl groups excluding tert-OH is 1. The van der Waals surface area contributed by atoms with Gasteiger partial charge in [-0.15, -0.1) is 0 Å². The molecule has 0 amide bonds. The second-order valence-corrected chi connectivity index (χ2v) is 6.35. The van der Waals surface area contributed by atoms with Crippen LogP contribution in [0.5, 0.6) is 0 Å². The van der Waals surface area contributed by atoms with Gasteiger partial charge in [0.1, 0.15) is 0 Å². The molecule has 0 unspecified atom stereocenters. The lowest BCUT2D eigenvalue weighted by Gasteiger charge is -2.08. The predicted molar refractivity (Wildman–Crippen MR) is 95.7 cm³/mol. The third-order valence-corrected chi connectivity index (χ3v) is 4.20. The summed E-state index contributed by atoms with van der Waals surface area (Å²) in [5.41, 5.74) is 0.769. The standard InChI is InChI=1S/C20H30O4/c1-2-3-6-9-17(21)14-12-16-13-15-19(22)18(16)10-7-4-5-8-11-20(23)24/h10,12-17,21H,2-9,11H2,1H3,(H,23,24)/b14-12+,18-10+/t16-,17-/m1/s1. The molecule has 0 saturated heterocycles. The maximum Gasteiger partial charge on any atom is 0.303 e. The van der Waals surface area contributed by atoms with Crippen molar-refractivity contribution in [1.82, 2.24) is 0 Å². The maximum atomic E-state index is 11.9. The van der Waals surface area contributed by atoms with Crippen molar-refractivity contribution >= 4 is 11.8 Å². The van der Waals surface area contributed by atoms with Crippen molar-refractivity contribution in [3.8, 4) is 0 Å². The largest absolute Gasteiger partial charge is 0.481 e. The first-order valence-corrected chi connectivity index (χ1v) is 9.05. The second kappa shape index (κ2) is 11.8. The Kier molecular flexibility index (Phi) is 10.0. The van der Waals surface area contributed by atoms with Gasteiger partial charge in [-0.1, -0.05) is 56.9 Å². The highest BCUT2D eigenvalue weighted by Gasteiger charge is 2.20. The van der Waals surface area contributed by atoms with E-state index in [1.165, 1.54) is 0 Å². The Labute approximate surface area is 145 Å². The zero-order chi connectivity index (χ0) is 17.8. The molecule has 1 aliphatic carbocycles. The predicted octanol–water partition coefficient (Wildman–Crippen LogP) is 4.20. The average Bonchev–Trinajstić information content (AvgIpc) is 2.89. The SMILES string of the molecule is CCCCC[C@@H](O)/C=C/[C@@H]1C=CC(=O)/C1=C/CCCCCC(=O)O. The van der Waals surface area contributed by atoms with Gasteiger partial charge in [0.25, 0.3) is 0 Å². The highest BCUT2D eigenvalue weighted by atomic mass is 16.4. The normalized spacial score (nSPS) is 20.3. The Hall–Kier alpha value is -1.68. The number of rotatable bonds is 12. The molecule has 1 aliphatic rings. The highest BCUT2D eigenvalue weighted by Crippen LogP contribution is 2.24. The first-order chi connectivity index (χ1) is 11.5. The van der Waals surface area contributed by atoms with Gasteiger partial charge in [-0.05, 0) is 31.8 Å². The number of carbonyl (C=O) groups is 2. The molecule has 4 nitrogen and oxygen atoms in total. The highest BCUT2D eigenvalue weighted by molar-refractivity contribution is 6.07. The van der Waals surface area contributed by atoms with Gasteiger partial charge < -0.3 is 10.2 Å². The molecule has 134 valence electrons. The summed E-state index contributed by atoms with van der Waals surface area (Å²) in [5.74, 6) is -0.765. The number of ketones is 1. The molecular weight excluding hydrogens is 304 g/mol. The number of allylic oxidation sites excluding steroid dienone is 5. The fraction of sp³-hybridized carbons (Fsp3) is 0.600. The van der Waals surface area contributed by atoms with Crippen LogP contribution in [0.15, 0.2) is 36.0 Å². The molecular formula is C20H30O4. The van der Waals surface area contributed by atoms with Crippen molar-refractivity contribution in [3.63, 3.8) is 0 Å². The lowest BCUT2D eigenvalue weighted by Crippen LogP contribution is -2.05. The van der Waals surface area contributed by atoms with Gasteiger partial charge in [0, 0.05) is 17.9 Å². The zero-order valence-corrected chi connectivity index (χ0v) is 14.6. The molecule has 2 atom stereocenters. The number of aliphatic carboxylic acids is 1. The molecule has 0 aromatic carbocycles. The minimum absolute atomic E-state index is 0.0376. The van der Waals surface area contributed by atoms with E-state index >= 15 is 0 Å². The van der Waals surface area contributed by atoms with Crippen molar-refractivity contribution in [1.29, 1.82) is 0 Å². The summed E-state index contributed by atoms with van der Waals surface area (Å²) in [4.78, 5) is 22.4. The molecule has 1 rings (SSSR count). The van der Waals surface area contributed by atoms with Gasteiger partial charge in [0.15, 0.2) is 5.78 Å². The summed E-state index contributed by atoms with van der Waals surface area (Å²) in [7, 11) is 0. The number of carboxylic acid groups (broad SMARTS) is 1. The fourth-order valence-electron chi connectivity index (χ4n) is 2.76. The number of aliphatic hydroxyl groups is 1. The summed E-state index contributed by atoms with van der Waals surface area (Å²) >= 11 is 0. The molecule has 2 N–H and O–H groups in total. The van der Waals surface area contributed by atoms with Crippen molar-refractivity contribution in [2.75, 3.05) is 0 Å².